The predicted molar refractivity (Wildman–Crippen MR) is 93.1 cm³/mol. The Morgan fingerprint density at radius 1 is 1.28 bits per heavy atom. The lowest BCUT2D eigenvalue weighted by Crippen LogP contribution is -2.40. The quantitative estimate of drug-likeness (QED) is 0.827. The van der Waals surface area contributed by atoms with Crippen molar-refractivity contribution in [3.8, 4) is 0 Å². The van der Waals surface area contributed by atoms with E-state index in [2.05, 4.69) is 15.3 Å². The first-order chi connectivity index (χ1) is 12.1. The number of halogens is 1. The first-order valence-corrected chi connectivity index (χ1v) is 8.67. The Morgan fingerprint density at radius 3 is 2.80 bits per heavy atom. The molecule has 1 aromatic carbocycles. The van der Waals surface area contributed by atoms with Crippen molar-refractivity contribution in [3.05, 3.63) is 48.0 Å². The van der Waals surface area contributed by atoms with E-state index in [1.54, 1.807) is 24.4 Å². The summed E-state index contributed by atoms with van der Waals surface area (Å²) in [7, 11) is 0. The minimum atomic E-state index is -0.713. The second kappa shape index (κ2) is 7.59. The Morgan fingerprint density at radius 2 is 2.08 bits per heavy atom. The molecule has 0 aliphatic heterocycles. The van der Waals surface area contributed by atoms with Gasteiger partial charge in [-0.3, -0.25) is 4.79 Å². The summed E-state index contributed by atoms with van der Waals surface area (Å²) in [5, 5.41) is 3.00. The van der Waals surface area contributed by atoms with Crippen LogP contribution in [0, 0.1) is 5.82 Å². The maximum atomic E-state index is 13.3. The summed E-state index contributed by atoms with van der Waals surface area (Å²) in [4.78, 5) is 21.4. The van der Waals surface area contributed by atoms with E-state index in [1.807, 2.05) is 6.92 Å². The largest absolute Gasteiger partial charge is 0.465 e. The van der Waals surface area contributed by atoms with Gasteiger partial charge in [0.2, 0.25) is 5.95 Å². The number of carbonyl (C=O) groups excluding carboxylic acids is 1. The standard InChI is InChI=1S/C19H22FN3O2/c1-2-25-17(24)19(10-4-3-5-11-19)16-9-12-21-18(23-16)22-15-8-6-7-14(20)13-15/h6-9,12-13H,2-5,10-11H2,1H3,(H,21,22,23). The van der Waals surface area contributed by atoms with Gasteiger partial charge in [-0.05, 0) is 44.0 Å². The molecule has 1 N–H and O–H groups in total. The molecule has 1 aromatic heterocycles. The molecule has 2 aromatic rings. The van der Waals surface area contributed by atoms with Gasteiger partial charge in [-0.1, -0.05) is 25.3 Å². The highest BCUT2D eigenvalue weighted by molar-refractivity contribution is 5.83. The number of benzene rings is 1. The molecule has 6 heteroatoms. The van der Waals surface area contributed by atoms with Crippen molar-refractivity contribution in [2.45, 2.75) is 44.4 Å². The first kappa shape index (κ1) is 17.3. The molecule has 132 valence electrons. The zero-order valence-corrected chi connectivity index (χ0v) is 14.3. The number of nitrogens with zero attached hydrogens (tertiary/aromatic N) is 2. The predicted octanol–water partition coefficient (Wildman–Crippen LogP) is 4.12. The average molecular weight is 343 g/mol. The van der Waals surface area contributed by atoms with Crippen molar-refractivity contribution in [1.82, 2.24) is 9.97 Å². The summed E-state index contributed by atoms with van der Waals surface area (Å²) in [6.07, 6.45) is 6.12. The van der Waals surface area contributed by atoms with Crippen LogP contribution in [0.3, 0.4) is 0 Å². The smallest absolute Gasteiger partial charge is 0.318 e. The van der Waals surface area contributed by atoms with Gasteiger partial charge < -0.3 is 10.1 Å². The monoisotopic (exact) mass is 343 g/mol. The summed E-state index contributed by atoms with van der Waals surface area (Å²) < 4.78 is 18.7. The van der Waals surface area contributed by atoms with Gasteiger partial charge in [-0.2, -0.15) is 0 Å². The van der Waals surface area contributed by atoms with Crippen LogP contribution in [0.1, 0.15) is 44.7 Å². The molecule has 0 unspecified atom stereocenters. The first-order valence-electron chi connectivity index (χ1n) is 8.67. The third kappa shape index (κ3) is 3.78. The van der Waals surface area contributed by atoms with Crippen LogP contribution in [0.15, 0.2) is 36.5 Å². The zero-order chi connectivity index (χ0) is 17.7. The van der Waals surface area contributed by atoms with Crippen molar-refractivity contribution in [2.24, 2.45) is 0 Å². The fraction of sp³-hybridized carbons (Fsp3) is 0.421. The summed E-state index contributed by atoms with van der Waals surface area (Å²) >= 11 is 0. The van der Waals surface area contributed by atoms with E-state index < -0.39 is 5.41 Å². The van der Waals surface area contributed by atoms with E-state index in [0.717, 1.165) is 32.1 Å². The highest BCUT2D eigenvalue weighted by Gasteiger charge is 2.44. The molecular formula is C19H22FN3O2. The molecule has 5 nitrogen and oxygen atoms in total. The molecule has 0 spiro atoms. The number of rotatable bonds is 5. The molecule has 0 atom stereocenters. The number of aromatic nitrogens is 2. The third-order valence-electron chi connectivity index (χ3n) is 4.60. The second-order valence-corrected chi connectivity index (χ2v) is 6.26. The number of carbonyl (C=O) groups is 1. The molecule has 1 aliphatic carbocycles. The SMILES string of the molecule is CCOC(=O)C1(c2ccnc(Nc3cccc(F)c3)n2)CCCCC1. The van der Waals surface area contributed by atoms with Crippen LogP contribution in [0.5, 0.6) is 0 Å². The molecule has 0 radical (unpaired) electrons. The lowest BCUT2D eigenvalue weighted by atomic mass is 9.71. The van der Waals surface area contributed by atoms with Gasteiger partial charge >= 0.3 is 5.97 Å². The molecule has 0 saturated heterocycles. The lowest BCUT2D eigenvalue weighted by molar-refractivity contribution is -0.151. The summed E-state index contributed by atoms with van der Waals surface area (Å²) in [5.41, 5.74) is 0.515. The maximum Gasteiger partial charge on any atom is 0.318 e. The van der Waals surface area contributed by atoms with Gasteiger partial charge in [0.05, 0.1) is 12.3 Å². The molecule has 0 bridgehead atoms. The van der Waals surface area contributed by atoms with Gasteiger partial charge in [-0.15, -0.1) is 0 Å². The number of hydrogen-bond acceptors (Lipinski definition) is 5. The summed E-state index contributed by atoms with van der Waals surface area (Å²) in [6.45, 7) is 2.16. The number of hydrogen-bond donors (Lipinski definition) is 1. The minimum Gasteiger partial charge on any atom is -0.465 e. The molecule has 1 fully saturated rings. The number of esters is 1. The lowest BCUT2D eigenvalue weighted by Gasteiger charge is -2.34. The van der Waals surface area contributed by atoms with Crippen molar-refractivity contribution in [2.75, 3.05) is 11.9 Å². The molecule has 1 heterocycles. The van der Waals surface area contributed by atoms with Gasteiger partial charge in [-0.25, -0.2) is 14.4 Å². The number of anilines is 2. The van der Waals surface area contributed by atoms with E-state index in [-0.39, 0.29) is 11.8 Å². The van der Waals surface area contributed by atoms with Gasteiger partial charge in [0.1, 0.15) is 11.2 Å². The van der Waals surface area contributed by atoms with Crippen LogP contribution in [-0.4, -0.2) is 22.5 Å². The minimum absolute atomic E-state index is 0.217. The molecular weight excluding hydrogens is 321 g/mol. The molecule has 3 rings (SSSR count). The third-order valence-corrected chi connectivity index (χ3v) is 4.60. The van der Waals surface area contributed by atoms with Crippen molar-refractivity contribution >= 4 is 17.6 Å². The van der Waals surface area contributed by atoms with Crippen LogP contribution in [0.4, 0.5) is 16.0 Å². The number of ether oxygens (including phenoxy) is 1. The number of nitrogens with one attached hydrogen (secondary N) is 1. The maximum absolute atomic E-state index is 13.3. The van der Waals surface area contributed by atoms with Gasteiger partial charge in [0.25, 0.3) is 0 Å². The van der Waals surface area contributed by atoms with Crippen LogP contribution in [0.25, 0.3) is 0 Å². The second-order valence-electron chi connectivity index (χ2n) is 6.26. The zero-order valence-electron chi connectivity index (χ0n) is 14.3. The van der Waals surface area contributed by atoms with E-state index in [9.17, 15) is 9.18 Å². The van der Waals surface area contributed by atoms with Crippen LogP contribution < -0.4 is 5.32 Å². The van der Waals surface area contributed by atoms with Crippen LogP contribution in [0.2, 0.25) is 0 Å². The van der Waals surface area contributed by atoms with Gasteiger partial charge in [0.15, 0.2) is 0 Å². The average Bonchev–Trinajstić information content (AvgIpc) is 2.63. The fourth-order valence-corrected chi connectivity index (χ4v) is 3.37. The van der Waals surface area contributed by atoms with E-state index in [4.69, 9.17) is 4.74 Å². The topological polar surface area (TPSA) is 64.1 Å². The molecule has 25 heavy (non-hydrogen) atoms. The van der Waals surface area contributed by atoms with E-state index in [0.29, 0.717) is 23.9 Å². The van der Waals surface area contributed by atoms with Crippen molar-refractivity contribution in [3.63, 3.8) is 0 Å². The molecule has 0 amide bonds. The van der Waals surface area contributed by atoms with E-state index >= 15 is 0 Å². The van der Waals surface area contributed by atoms with Crippen LogP contribution in [-0.2, 0) is 14.9 Å². The highest BCUT2D eigenvalue weighted by atomic mass is 19.1. The molecule has 1 aliphatic rings. The Hall–Kier alpha value is -2.50. The Labute approximate surface area is 146 Å². The summed E-state index contributed by atoms with van der Waals surface area (Å²) in [6, 6.07) is 7.88. The Bertz CT molecular complexity index is 745. The Balaban J connectivity index is 1.91. The van der Waals surface area contributed by atoms with E-state index in [1.165, 1.54) is 12.1 Å². The van der Waals surface area contributed by atoms with Gasteiger partial charge in [0, 0.05) is 11.9 Å². The molecule has 1 saturated carbocycles. The van der Waals surface area contributed by atoms with Crippen LogP contribution >= 0.6 is 0 Å². The van der Waals surface area contributed by atoms with Crippen molar-refractivity contribution in [1.29, 1.82) is 0 Å². The highest BCUT2D eigenvalue weighted by Crippen LogP contribution is 2.40. The fourth-order valence-electron chi connectivity index (χ4n) is 3.37. The Kier molecular flexibility index (Phi) is 5.26. The van der Waals surface area contributed by atoms with Crippen molar-refractivity contribution < 1.29 is 13.9 Å². The summed E-state index contributed by atoms with van der Waals surface area (Å²) in [5.74, 6) is -0.209. The normalized spacial score (nSPS) is 16.2.